The smallest absolute Gasteiger partial charge is 0.243 e. The predicted octanol–water partition coefficient (Wildman–Crippen LogP) is 8.94. The number of β-amino-alcohol motifs (C(OH)–C–C–N with tert-alkyl or cyclic N) is 1. The summed E-state index contributed by atoms with van der Waals surface area (Å²) >= 11 is 0. The van der Waals surface area contributed by atoms with Crippen LogP contribution in [-0.4, -0.2) is 106 Å². The number of aliphatic imine (C=N–C) groups is 1. The summed E-state index contributed by atoms with van der Waals surface area (Å²) in [6, 6.07) is 19.3. The summed E-state index contributed by atoms with van der Waals surface area (Å²) in [5, 5.41) is 72.0. The number of nitrogens with one attached hydrogen (secondary N) is 3. The van der Waals surface area contributed by atoms with Crippen LogP contribution in [0.15, 0.2) is 130 Å². The lowest BCUT2D eigenvalue weighted by atomic mass is 9.52. The van der Waals surface area contributed by atoms with Gasteiger partial charge in [0.15, 0.2) is 11.7 Å². The van der Waals surface area contributed by atoms with Gasteiger partial charge in [-0.2, -0.15) is 0 Å². The number of amides is 1. The van der Waals surface area contributed by atoms with Crippen LogP contribution in [0.5, 0.6) is 5.75 Å². The normalized spacial score (nSPS) is 33.6. The lowest BCUT2D eigenvalue weighted by molar-refractivity contribution is -0.168. The molecule has 3 aromatic rings. The van der Waals surface area contributed by atoms with Gasteiger partial charge in [0.1, 0.15) is 24.6 Å². The van der Waals surface area contributed by atoms with E-state index in [2.05, 4.69) is 70.6 Å². The maximum atomic E-state index is 15.3. The van der Waals surface area contributed by atoms with Gasteiger partial charge in [-0.25, -0.2) is 0 Å². The Morgan fingerprint density at radius 2 is 1.65 bits per heavy atom. The van der Waals surface area contributed by atoms with E-state index in [-0.39, 0.29) is 56.3 Å². The Balaban J connectivity index is 0.996. The molecular weight excluding hydrogens is 1110 g/mol. The number of aromatic hydroxyl groups is 1. The largest absolute Gasteiger partial charge is 0.508 e. The molecule has 2 spiro atoms. The molecule has 4 aliphatic carbocycles. The number of Topliss-reactive ketones (excluding diaryl/α,β-unsaturated/α-hetero) is 1. The molecule has 13 atom stereocenters. The number of nitrogens with zero attached hydrogens (tertiary/aromatic N) is 1. The van der Waals surface area contributed by atoms with Crippen molar-refractivity contribution in [3.8, 4) is 17.6 Å². The molecule has 0 aromatic heterocycles. The monoisotopic (exact) mass is 1210 g/mol. The lowest BCUT2D eigenvalue weighted by Crippen LogP contribution is -2.59. The second-order valence-corrected chi connectivity index (χ2v) is 27.6. The Hall–Kier alpha value is -6.19. The highest BCUT2D eigenvalue weighted by molar-refractivity contribution is 5.98. The number of phenols is 1. The second kappa shape index (κ2) is 29.0. The van der Waals surface area contributed by atoms with Crippen molar-refractivity contribution in [2.75, 3.05) is 32.8 Å². The summed E-state index contributed by atoms with van der Waals surface area (Å²) in [4.78, 5) is 34.0. The van der Waals surface area contributed by atoms with Gasteiger partial charge < -0.3 is 58.1 Å². The van der Waals surface area contributed by atoms with Crippen LogP contribution in [0.1, 0.15) is 175 Å². The van der Waals surface area contributed by atoms with Crippen molar-refractivity contribution in [3.63, 3.8) is 0 Å². The Morgan fingerprint density at radius 1 is 0.910 bits per heavy atom. The fourth-order valence-corrected chi connectivity index (χ4v) is 17.2. The highest BCUT2D eigenvalue weighted by atomic mass is 16.5. The molecule has 10 rings (SSSR count). The van der Waals surface area contributed by atoms with Crippen LogP contribution in [0.25, 0.3) is 0 Å². The average Bonchev–Trinajstić information content (AvgIpc) is 1.65. The van der Waals surface area contributed by atoms with Gasteiger partial charge in [0.2, 0.25) is 5.91 Å². The van der Waals surface area contributed by atoms with Crippen LogP contribution in [0.2, 0.25) is 0 Å². The van der Waals surface area contributed by atoms with Crippen LogP contribution < -0.4 is 33.2 Å². The number of fused-ring (bicyclic) bond motifs is 4. The number of carbonyl (C=O) groups excluding carboxylic acids is 2. The van der Waals surface area contributed by atoms with E-state index in [1.807, 2.05) is 56.3 Å². The van der Waals surface area contributed by atoms with Gasteiger partial charge in [0.05, 0.1) is 30.5 Å². The second-order valence-electron chi connectivity index (χ2n) is 27.6. The number of aliphatic hydroxyl groups excluding tert-OH is 3. The number of ketones is 1. The number of allylic oxidation sites excluding steroid dienone is 5. The van der Waals surface area contributed by atoms with Crippen molar-refractivity contribution in [3.05, 3.63) is 159 Å². The number of aliphatic hydroxyl groups is 4. The van der Waals surface area contributed by atoms with Gasteiger partial charge in [0, 0.05) is 49.2 Å². The molecule has 0 unspecified atom stereocenters. The summed E-state index contributed by atoms with van der Waals surface area (Å²) in [5.74, 6) is 4.68. The molecule has 7 aliphatic rings. The molecular formula is C74H99N7O8. The molecule has 3 heterocycles. The minimum absolute atomic E-state index is 0.0366. The zero-order chi connectivity index (χ0) is 63.0. The van der Waals surface area contributed by atoms with Gasteiger partial charge in [0.25, 0.3) is 0 Å². The highest BCUT2D eigenvalue weighted by Crippen LogP contribution is 2.63. The van der Waals surface area contributed by atoms with E-state index in [9.17, 15) is 30.3 Å². The molecule has 4 fully saturated rings. The number of hydrogen-bond acceptors (Lipinski definition) is 12. The van der Waals surface area contributed by atoms with Gasteiger partial charge >= 0.3 is 0 Å². The maximum Gasteiger partial charge on any atom is 0.243 e. The average molecular weight is 1210 g/mol. The number of nitrogens with two attached hydrogens (primary N) is 3. The van der Waals surface area contributed by atoms with Crippen molar-refractivity contribution in [1.29, 1.82) is 0 Å². The zero-order valence-corrected chi connectivity index (χ0v) is 52.8. The Morgan fingerprint density at radius 3 is 2.42 bits per heavy atom. The molecule has 0 radical (unpaired) electrons. The third-order valence-electron chi connectivity index (χ3n) is 22.2. The number of ether oxygens (including phenoxy) is 1. The first-order valence-corrected chi connectivity index (χ1v) is 33.1. The molecule has 3 aromatic carbocycles. The molecule has 1 amide bonds. The third kappa shape index (κ3) is 14.8. The van der Waals surface area contributed by atoms with Crippen molar-refractivity contribution in [1.82, 2.24) is 16.0 Å². The summed E-state index contributed by atoms with van der Waals surface area (Å²) in [5.41, 5.74) is 25.4. The van der Waals surface area contributed by atoms with Crippen LogP contribution in [0.3, 0.4) is 0 Å². The first-order valence-electron chi connectivity index (χ1n) is 33.1. The lowest BCUT2D eigenvalue weighted by Gasteiger charge is -2.56. The minimum Gasteiger partial charge on any atom is -0.508 e. The van der Waals surface area contributed by atoms with E-state index in [1.165, 1.54) is 56.9 Å². The third-order valence-corrected chi connectivity index (χ3v) is 22.2. The van der Waals surface area contributed by atoms with Crippen LogP contribution in [0, 0.1) is 46.3 Å². The maximum absolute atomic E-state index is 15.3. The van der Waals surface area contributed by atoms with Gasteiger partial charge in [-0.1, -0.05) is 134 Å². The molecule has 15 nitrogen and oxygen atoms in total. The molecule has 4 saturated carbocycles. The van der Waals surface area contributed by atoms with Gasteiger partial charge in [-0.05, 0) is 196 Å². The number of phenolic OH excluding ortho intramolecular Hbond substituents is 1. The van der Waals surface area contributed by atoms with E-state index in [1.54, 1.807) is 24.3 Å². The SMILES string of the molecule is C=C1/C=C/C=C(\[C@H]2CC[C@@]3([C@@H]4CC[C@H](O)Cc5cccc(c5)C[C@H]([C@H](CN=C(N)N)c5ccc(O)cc5)[C@H](O)CN[C@H]5C(=O)N[C@@H](N)c6cccc(c65)CC(=O)C(C)=C4CC[C@@]3(C)O)[C@@H]2O)COCC#CC/C(C)=C/C[C@@H]1NC[C@@H]1CCCCC12CCCC2. The Labute approximate surface area is 527 Å². The predicted molar refractivity (Wildman–Crippen MR) is 351 cm³/mol. The van der Waals surface area contributed by atoms with Crippen LogP contribution in [0.4, 0.5) is 0 Å². The van der Waals surface area contributed by atoms with Crippen molar-refractivity contribution in [2.24, 2.45) is 56.7 Å². The van der Waals surface area contributed by atoms with Crippen molar-refractivity contribution >= 4 is 17.6 Å². The van der Waals surface area contributed by atoms with E-state index >= 15 is 4.79 Å². The fraction of sp³-hybridized carbons (Fsp3) is 0.554. The molecule has 14 N–H and O–H groups in total. The van der Waals surface area contributed by atoms with E-state index in [4.69, 9.17) is 21.9 Å². The number of rotatable bonds is 8. The summed E-state index contributed by atoms with van der Waals surface area (Å²) in [6.45, 7) is 12.0. The first-order chi connectivity index (χ1) is 42.8. The van der Waals surface area contributed by atoms with Crippen LogP contribution >= 0.6 is 0 Å². The molecule has 478 valence electrons. The van der Waals surface area contributed by atoms with E-state index in [0.29, 0.717) is 91.4 Å². The molecule has 2 bridgehead atoms. The summed E-state index contributed by atoms with van der Waals surface area (Å²) in [6.07, 6.45) is 19.7. The molecule has 0 saturated heterocycles. The number of guanidine groups is 1. The zero-order valence-electron chi connectivity index (χ0n) is 52.8. The summed E-state index contributed by atoms with van der Waals surface area (Å²) < 4.78 is 6.35. The quantitative estimate of drug-likeness (QED) is 0.0436. The molecule has 3 aliphatic heterocycles. The fourth-order valence-electron chi connectivity index (χ4n) is 17.2. The number of hydrogen-bond donors (Lipinski definition) is 11. The Kier molecular flexibility index (Phi) is 21.4. The van der Waals surface area contributed by atoms with E-state index < -0.39 is 71.1 Å². The standard InChI is InChI=1S/C74H99N7O8/c1-46-14-6-10-37-89-45-53(19-11-15-47(2)63(29-22-46)78-42-54-20-5-7-32-73(54)33-8-9-34-73)58-31-36-74(68(58)86)62-28-27-56(83)39-49-16-12-17-50(38-49)40-60(61(43-80-71(76)77)51-23-25-55(82)26-24-51)65(85)44-79-67-66-52(18-13-21-59(66)69(75)81-70(67)87)41-64(84)48(3)57(62)30-35-72(74,4)88/h11-13,15-19,21-26,38,54,56,58,60-63,65,67-69,78-79,82-83,85-86,88H,2,5,7-9,14,20,27-37,39-45,75H2,1,3-4H3,(H,81,87)(H4,76,77,80)/b15-11+,46-22+,53-19-,57-48?/t54-,56-,58+,60+,61+,62+,63-,65+,67+,68+,69+,72+,74+/m0/s1. The first kappa shape index (κ1) is 65.8. The highest BCUT2D eigenvalue weighted by Gasteiger charge is 2.64. The number of benzene rings is 3. The molecule has 89 heavy (non-hydrogen) atoms. The Bertz CT molecular complexity index is 3250. The van der Waals surface area contributed by atoms with Gasteiger partial charge in [-0.3, -0.25) is 19.9 Å². The molecule has 15 heteroatoms. The van der Waals surface area contributed by atoms with E-state index in [0.717, 1.165) is 46.4 Å². The van der Waals surface area contributed by atoms with Gasteiger partial charge in [-0.15, -0.1) is 0 Å². The van der Waals surface area contributed by atoms with Crippen LogP contribution in [-0.2, 0) is 33.6 Å². The van der Waals surface area contributed by atoms with Crippen molar-refractivity contribution in [2.45, 2.75) is 191 Å². The van der Waals surface area contributed by atoms with Crippen molar-refractivity contribution < 1.29 is 39.9 Å². The number of carbonyl (C=O) groups is 2. The summed E-state index contributed by atoms with van der Waals surface area (Å²) in [7, 11) is 0. The topological polar surface area (TPSA) is 271 Å². The minimum atomic E-state index is -1.37.